The summed E-state index contributed by atoms with van der Waals surface area (Å²) in [4.78, 5) is 18.5. The third-order valence-electron chi connectivity index (χ3n) is 4.57. The predicted octanol–water partition coefficient (Wildman–Crippen LogP) is 1.58. The van der Waals surface area contributed by atoms with Crippen molar-refractivity contribution in [3.05, 3.63) is 0 Å². The second-order valence-electron chi connectivity index (χ2n) is 6.92. The van der Waals surface area contributed by atoms with Crippen LogP contribution in [0.1, 0.15) is 52.9 Å². The van der Waals surface area contributed by atoms with Crippen molar-refractivity contribution in [2.75, 3.05) is 39.8 Å². The van der Waals surface area contributed by atoms with Crippen molar-refractivity contribution in [1.82, 2.24) is 20.9 Å². The third-order valence-corrected chi connectivity index (χ3v) is 4.57. The van der Waals surface area contributed by atoms with Gasteiger partial charge in [0.2, 0.25) is 5.91 Å². The molecule has 1 saturated heterocycles. The first-order valence-corrected chi connectivity index (χ1v) is 9.53. The van der Waals surface area contributed by atoms with Crippen LogP contribution in [-0.4, -0.2) is 62.6 Å². The lowest BCUT2D eigenvalue weighted by Crippen LogP contribution is -2.50. The van der Waals surface area contributed by atoms with Crippen molar-refractivity contribution in [3.63, 3.8) is 0 Å². The predicted molar refractivity (Wildman–Crippen MR) is 101 cm³/mol. The van der Waals surface area contributed by atoms with Gasteiger partial charge in [-0.15, -0.1) is 0 Å². The number of carbonyl (C=O) groups is 1. The Bertz CT molecular complexity index is 376. The Morgan fingerprint density at radius 1 is 1.08 bits per heavy atom. The fourth-order valence-corrected chi connectivity index (χ4v) is 3.13. The molecule has 6 nitrogen and oxygen atoms in total. The summed E-state index contributed by atoms with van der Waals surface area (Å²) in [6.07, 6.45) is 6.25. The number of likely N-dealkylation sites (tertiary alicyclic amines) is 1. The van der Waals surface area contributed by atoms with Crippen LogP contribution in [0.3, 0.4) is 0 Å². The number of guanidine groups is 1. The first-order valence-electron chi connectivity index (χ1n) is 9.53. The van der Waals surface area contributed by atoms with Gasteiger partial charge in [0.15, 0.2) is 5.96 Å². The summed E-state index contributed by atoms with van der Waals surface area (Å²) >= 11 is 0. The molecule has 1 aliphatic rings. The van der Waals surface area contributed by atoms with Gasteiger partial charge in [0, 0.05) is 26.2 Å². The van der Waals surface area contributed by atoms with E-state index in [1.807, 2.05) is 6.92 Å². The monoisotopic (exact) mass is 339 g/mol. The molecule has 1 rings (SSSR count). The molecule has 1 atom stereocenters. The largest absolute Gasteiger partial charge is 0.355 e. The molecule has 0 bridgehead atoms. The summed E-state index contributed by atoms with van der Waals surface area (Å²) in [5, 5.41) is 9.35. The lowest BCUT2D eigenvalue weighted by atomic mass is 10.0. The van der Waals surface area contributed by atoms with E-state index in [0.29, 0.717) is 17.9 Å². The summed E-state index contributed by atoms with van der Waals surface area (Å²) in [5.41, 5.74) is 0. The van der Waals surface area contributed by atoms with Crippen molar-refractivity contribution in [1.29, 1.82) is 0 Å². The zero-order valence-corrected chi connectivity index (χ0v) is 16.0. The van der Waals surface area contributed by atoms with Crippen LogP contribution >= 0.6 is 0 Å². The molecule has 0 aliphatic carbocycles. The van der Waals surface area contributed by atoms with Crippen LogP contribution in [0.15, 0.2) is 4.99 Å². The van der Waals surface area contributed by atoms with Crippen LogP contribution in [-0.2, 0) is 4.79 Å². The maximum atomic E-state index is 11.7. The van der Waals surface area contributed by atoms with E-state index in [2.05, 4.69) is 39.7 Å². The number of hydrogen-bond acceptors (Lipinski definition) is 3. The molecule has 1 amide bonds. The number of hydrogen-bond donors (Lipinski definition) is 3. The summed E-state index contributed by atoms with van der Waals surface area (Å²) in [6.45, 7) is 10.8. The zero-order chi connectivity index (χ0) is 17.8. The van der Waals surface area contributed by atoms with Crippen LogP contribution in [0.5, 0.6) is 0 Å². The standard InChI is InChI=1S/C18H37N5O/c1-5-10-20-17(24)14-22-18(19-4)21-13-16(15(2)3)23-11-8-6-7-9-12-23/h15-16H,5-14H2,1-4H3,(H,20,24)(H2,19,21,22). The lowest BCUT2D eigenvalue weighted by Gasteiger charge is -2.34. The van der Waals surface area contributed by atoms with Crippen LogP contribution < -0.4 is 16.0 Å². The molecule has 1 fully saturated rings. The van der Waals surface area contributed by atoms with Crippen molar-refractivity contribution in [2.24, 2.45) is 10.9 Å². The normalized spacial score (nSPS) is 18.1. The van der Waals surface area contributed by atoms with Crippen molar-refractivity contribution in [2.45, 2.75) is 58.9 Å². The van der Waals surface area contributed by atoms with E-state index in [-0.39, 0.29) is 12.5 Å². The third kappa shape index (κ3) is 7.99. The zero-order valence-electron chi connectivity index (χ0n) is 16.0. The molecular weight excluding hydrogens is 302 g/mol. The minimum atomic E-state index is 0.00716. The first kappa shape index (κ1) is 20.7. The Morgan fingerprint density at radius 2 is 1.75 bits per heavy atom. The highest BCUT2D eigenvalue weighted by Gasteiger charge is 2.22. The maximum Gasteiger partial charge on any atom is 0.239 e. The molecule has 0 aromatic heterocycles. The molecule has 0 radical (unpaired) electrons. The van der Waals surface area contributed by atoms with Gasteiger partial charge in [0.1, 0.15) is 0 Å². The van der Waals surface area contributed by atoms with Crippen LogP contribution in [0.25, 0.3) is 0 Å². The van der Waals surface area contributed by atoms with Gasteiger partial charge >= 0.3 is 0 Å². The second-order valence-corrected chi connectivity index (χ2v) is 6.92. The van der Waals surface area contributed by atoms with E-state index in [1.165, 1.54) is 38.8 Å². The summed E-state index contributed by atoms with van der Waals surface area (Å²) in [6, 6.07) is 0.496. The molecule has 0 aromatic rings. The van der Waals surface area contributed by atoms with Crippen LogP contribution in [0.2, 0.25) is 0 Å². The molecule has 0 saturated carbocycles. The van der Waals surface area contributed by atoms with E-state index in [1.54, 1.807) is 7.05 Å². The topological polar surface area (TPSA) is 68.8 Å². The molecule has 3 N–H and O–H groups in total. The minimum Gasteiger partial charge on any atom is -0.355 e. The molecule has 0 spiro atoms. The van der Waals surface area contributed by atoms with Crippen molar-refractivity contribution in [3.8, 4) is 0 Å². The average molecular weight is 340 g/mol. The van der Waals surface area contributed by atoms with Crippen LogP contribution in [0.4, 0.5) is 0 Å². The fourth-order valence-electron chi connectivity index (χ4n) is 3.13. The SMILES string of the molecule is CCCNC(=O)CNC(=NC)NCC(C(C)C)N1CCCCCC1. The van der Waals surface area contributed by atoms with Gasteiger partial charge in [-0.25, -0.2) is 0 Å². The fraction of sp³-hybridized carbons (Fsp3) is 0.889. The molecule has 24 heavy (non-hydrogen) atoms. The quantitative estimate of drug-likeness (QED) is 0.464. The van der Waals surface area contributed by atoms with Gasteiger partial charge in [0.05, 0.1) is 6.54 Å². The Balaban J connectivity index is 2.44. The summed E-state index contributed by atoms with van der Waals surface area (Å²) in [7, 11) is 1.75. The average Bonchev–Trinajstić information content (AvgIpc) is 2.84. The van der Waals surface area contributed by atoms with Gasteiger partial charge in [-0.3, -0.25) is 14.7 Å². The van der Waals surface area contributed by atoms with Gasteiger partial charge < -0.3 is 16.0 Å². The summed E-state index contributed by atoms with van der Waals surface area (Å²) in [5.74, 6) is 1.29. The molecule has 140 valence electrons. The van der Waals surface area contributed by atoms with Gasteiger partial charge in [-0.2, -0.15) is 0 Å². The number of nitrogens with zero attached hydrogens (tertiary/aromatic N) is 2. The lowest BCUT2D eigenvalue weighted by molar-refractivity contribution is -0.120. The molecule has 1 heterocycles. The second kappa shape index (κ2) is 12.1. The number of aliphatic imine (C=N–C) groups is 1. The smallest absolute Gasteiger partial charge is 0.239 e. The van der Waals surface area contributed by atoms with E-state index in [4.69, 9.17) is 0 Å². The van der Waals surface area contributed by atoms with E-state index in [9.17, 15) is 4.79 Å². The number of rotatable bonds is 8. The Kier molecular flexibility index (Phi) is 10.5. The number of carbonyl (C=O) groups excluding carboxylic acids is 1. The molecule has 6 heteroatoms. The highest BCUT2D eigenvalue weighted by atomic mass is 16.1. The Morgan fingerprint density at radius 3 is 2.29 bits per heavy atom. The van der Waals surface area contributed by atoms with E-state index >= 15 is 0 Å². The highest BCUT2D eigenvalue weighted by Crippen LogP contribution is 2.16. The Labute approximate surface area is 147 Å². The Hall–Kier alpha value is -1.30. The minimum absolute atomic E-state index is 0.00716. The molecular formula is C18H37N5O. The van der Waals surface area contributed by atoms with Gasteiger partial charge in [-0.1, -0.05) is 33.6 Å². The number of amides is 1. The number of nitrogens with one attached hydrogen (secondary N) is 3. The molecule has 1 aliphatic heterocycles. The van der Waals surface area contributed by atoms with Gasteiger partial charge in [0.25, 0.3) is 0 Å². The van der Waals surface area contributed by atoms with Crippen molar-refractivity contribution < 1.29 is 4.79 Å². The molecule has 0 aromatic carbocycles. The maximum absolute atomic E-state index is 11.7. The van der Waals surface area contributed by atoms with Gasteiger partial charge in [-0.05, 0) is 38.3 Å². The van der Waals surface area contributed by atoms with E-state index in [0.717, 1.165) is 19.5 Å². The van der Waals surface area contributed by atoms with Crippen molar-refractivity contribution >= 4 is 11.9 Å². The first-order chi connectivity index (χ1) is 11.6. The summed E-state index contributed by atoms with van der Waals surface area (Å²) < 4.78 is 0. The van der Waals surface area contributed by atoms with Crippen LogP contribution in [0, 0.1) is 5.92 Å². The molecule has 1 unspecified atom stereocenters. The highest BCUT2D eigenvalue weighted by molar-refractivity contribution is 5.86. The van der Waals surface area contributed by atoms with E-state index < -0.39 is 0 Å².